The van der Waals surface area contributed by atoms with Gasteiger partial charge in [-0.15, -0.1) is 0 Å². The van der Waals surface area contributed by atoms with Crippen LogP contribution >= 0.6 is 0 Å². The maximum absolute atomic E-state index is 12.8. The zero-order valence-corrected chi connectivity index (χ0v) is 19.4. The van der Waals surface area contributed by atoms with Gasteiger partial charge in [-0.1, -0.05) is 39.0 Å². The van der Waals surface area contributed by atoms with Gasteiger partial charge in [-0.2, -0.15) is 18.3 Å². The smallest absolute Gasteiger partial charge is 0.417 e. The molecule has 0 unspecified atom stereocenters. The van der Waals surface area contributed by atoms with Gasteiger partial charge in [-0.05, 0) is 48.4 Å². The molecule has 0 aliphatic rings. The summed E-state index contributed by atoms with van der Waals surface area (Å²) < 4.78 is 46.0. The van der Waals surface area contributed by atoms with Crippen LogP contribution < -0.4 is 4.74 Å². The molecule has 2 heterocycles. The summed E-state index contributed by atoms with van der Waals surface area (Å²) in [6.07, 6.45) is 0.0960. The molecular formula is C25H28F3N3O3. The highest BCUT2D eigenvalue weighted by Gasteiger charge is 2.30. The third-order valence-electron chi connectivity index (χ3n) is 5.42. The minimum absolute atomic E-state index is 0.104. The van der Waals surface area contributed by atoms with Gasteiger partial charge in [0.15, 0.2) is 5.82 Å². The number of hydrogen-bond acceptors (Lipinski definition) is 4. The van der Waals surface area contributed by atoms with E-state index in [1.807, 2.05) is 32.9 Å². The summed E-state index contributed by atoms with van der Waals surface area (Å²) in [6, 6.07) is 7.83. The predicted octanol–water partition coefficient (Wildman–Crippen LogP) is 5.61. The van der Waals surface area contributed by atoms with Crippen LogP contribution in [0.3, 0.4) is 0 Å². The molecule has 34 heavy (non-hydrogen) atoms. The first-order valence-corrected chi connectivity index (χ1v) is 11.2. The number of carboxylic acids is 1. The molecule has 0 aliphatic heterocycles. The zero-order chi connectivity index (χ0) is 24.9. The lowest BCUT2D eigenvalue weighted by atomic mass is 10.0. The number of aryl methyl sites for hydroxylation is 2. The monoisotopic (exact) mass is 475 g/mol. The van der Waals surface area contributed by atoms with Crippen molar-refractivity contribution in [3.63, 3.8) is 0 Å². The van der Waals surface area contributed by atoms with Gasteiger partial charge >= 0.3 is 12.1 Å². The maximum atomic E-state index is 12.8. The Morgan fingerprint density at radius 1 is 1.15 bits per heavy atom. The molecule has 0 radical (unpaired) electrons. The first-order chi connectivity index (χ1) is 16.1. The second-order valence-electron chi connectivity index (χ2n) is 8.32. The molecule has 0 amide bonds. The number of aromatic nitrogens is 3. The Morgan fingerprint density at radius 3 is 2.47 bits per heavy atom. The average Bonchev–Trinajstić information content (AvgIpc) is 3.21. The Bertz CT molecular complexity index is 1120. The number of nitrogens with zero attached hydrogens (tertiary/aromatic N) is 3. The van der Waals surface area contributed by atoms with Crippen LogP contribution in [0.5, 0.6) is 5.75 Å². The van der Waals surface area contributed by atoms with E-state index in [1.54, 1.807) is 12.3 Å². The molecule has 0 saturated carbocycles. The van der Waals surface area contributed by atoms with Gasteiger partial charge in [0.2, 0.25) is 0 Å². The highest BCUT2D eigenvalue weighted by atomic mass is 19.4. The number of pyridine rings is 1. The summed E-state index contributed by atoms with van der Waals surface area (Å²) in [7, 11) is 0. The van der Waals surface area contributed by atoms with Gasteiger partial charge in [0, 0.05) is 18.0 Å². The average molecular weight is 476 g/mol. The molecule has 0 saturated heterocycles. The van der Waals surface area contributed by atoms with Crippen LogP contribution in [0.25, 0.3) is 5.82 Å². The minimum atomic E-state index is -4.44. The second-order valence-corrected chi connectivity index (χ2v) is 8.32. The molecule has 0 spiro atoms. The molecule has 3 rings (SSSR count). The van der Waals surface area contributed by atoms with Crippen LogP contribution in [0.4, 0.5) is 13.2 Å². The van der Waals surface area contributed by atoms with Crippen LogP contribution in [0.15, 0.2) is 42.7 Å². The number of rotatable bonds is 10. The number of alkyl halides is 3. The lowest BCUT2D eigenvalue weighted by molar-refractivity contribution is -0.138. The third kappa shape index (κ3) is 6.15. The van der Waals surface area contributed by atoms with Crippen LogP contribution in [-0.4, -0.2) is 32.4 Å². The van der Waals surface area contributed by atoms with E-state index in [0.717, 1.165) is 35.5 Å². The predicted molar refractivity (Wildman–Crippen MR) is 121 cm³/mol. The van der Waals surface area contributed by atoms with Crippen LogP contribution in [0, 0.1) is 0 Å². The maximum Gasteiger partial charge on any atom is 0.417 e. The number of para-hydroxylation sites is 1. The van der Waals surface area contributed by atoms with Crippen molar-refractivity contribution in [2.45, 2.75) is 58.5 Å². The molecule has 3 aromatic rings. The lowest BCUT2D eigenvalue weighted by Gasteiger charge is -2.14. The Morgan fingerprint density at radius 2 is 1.88 bits per heavy atom. The van der Waals surface area contributed by atoms with E-state index in [9.17, 15) is 23.1 Å². The van der Waals surface area contributed by atoms with Gasteiger partial charge in [-0.3, -0.25) is 4.79 Å². The van der Waals surface area contributed by atoms with Crippen LogP contribution in [0.1, 0.15) is 61.1 Å². The molecule has 0 aliphatic carbocycles. The summed E-state index contributed by atoms with van der Waals surface area (Å²) in [5, 5.41) is 13.7. The van der Waals surface area contributed by atoms with Crippen molar-refractivity contribution < 1.29 is 27.8 Å². The number of hydrogen-bond donors (Lipinski definition) is 1. The van der Waals surface area contributed by atoms with Gasteiger partial charge in [-0.25, -0.2) is 9.67 Å². The topological polar surface area (TPSA) is 77.2 Å². The fraction of sp³-hybridized carbons (Fsp3) is 0.400. The van der Waals surface area contributed by atoms with Gasteiger partial charge in [0.05, 0.1) is 24.3 Å². The van der Waals surface area contributed by atoms with E-state index in [4.69, 9.17) is 4.74 Å². The molecular weight excluding hydrogens is 447 g/mol. The summed E-state index contributed by atoms with van der Waals surface area (Å²) in [5.74, 6) is 0.146. The van der Waals surface area contributed by atoms with Crippen LogP contribution in [0.2, 0.25) is 0 Å². The van der Waals surface area contributed by atoms with Crippen molar-refractivity contribution in [1.29, 1.82) is 0 Å². The highest BCUT2D eigenvalue weighted by Crippen LogP contribution is 2.29. The summed E-state index contributed by atoms with van der Waals surface area (Å²) in [6.45, 7) is 6.39. The largest absolute Gasteiger partial charge is 0.493 e. The summed E-state index contributed by atoms with van der Waals surface area (Å²) in [4.78, 5) is 15.1. The number of carboxylic acid groups (broad SMARTS) is 1. The fourth-order valence-corrected chi connectivity index (χ4v) is 3.75. The normalized spacial score (nSPS) is 11.7. The molecule has 1 N–H and O–H groups in total. The van der Waals surface area contributed by atoms with Crippen molar-refractivity contribution in [2.75, 3.05) is 6.61 Å². The van der Waals surface area contributed by atoms with E-state index in [2.05, 4.69) is 10.1 Å². The van der Waals surface area contributed by atoms with E-state index in [1.165, 1.54) is 10.7 Å². The van der Waals surface area contributed by atoms with Crippen LogP contribution in [-0.2, 0) is 30.2 Å². The number of carbonyl (C=O) groups is 1. The summed E-state index contributed by atoms with van der Waals surface area (Å²) in [5.41, 5.74) is 2.62. The second kappa shape index (κ2) is 10.7. The van der Waals surface area contributed by atoms with E-state index < -0.39 is 17.7 Å². The Balaban J connectivity index is 1.71. The molecule has 1 aromatic carbocycles. The Hall–Kier alpha value is -3.36. The Labute approximate surface area is 196 Å². The van der Waals surface area contributed by atoms with Crippen molar-refractivity contribution >= 4 is 5.97 Å². The van der Waals surface area contributed by atoms with Crippen molar-refractivity contribution in [1.82, 2.24) is 14.8 Å². The zero-order valence-electron chi connectivity index (χ0n) is 19.4. The van der Waals surface area contributed by atoms with Crippen molar-refractivity contribution in [3.8, 4) is 11.6 Å². The van der Waals surface area contributed by atoms with E-state index in [0.29, 0.717) is 36.6 Å². The first kappa shape index (κ1) is 25.3. The molecule has 2 aromatic heterocycles. The number of ether oxygens (including phenoxy) is 1. The molecule has 0 bridgehead atoms. The van der Waals surface area contributed by atoms with Gasteiger partial charge in [0.25, 0.3) is 0 Å². The van der Waals surface area contributed by atoms with Gasteiger partial charge < -0.3 is 9.84 Å². The third-order valence-corrected chi connectivity index (χ3v) is 5.42. The first-order valence-electron chi connectivity index (χ1n) is 11.2. The van der Waals surface area contributed by atoms with Crippen molar-refractivity contribution in [2.24, 2.45) is 0 Å². The van der Waals surface area contributed by atoms with E-state index in [-0.39, 0.29) is 12.3 Å². The molecule has 6 nitrogen and oxygen atoms in total. The van der Waals surface area contributed by atoms with Gasteiger partial charge in [0.1, 0.15) is 5.75 Å². The molecule has 182 valence electrons. The Kier molecular flexibility index (Phi) is 7.96. The highest BCUT2D eigenvalue weighted by molar-refractivity contribution is 5.71. The SMILES string of the molecule is CCc1cccc(CC(=O)O)c1OCCCc1cn(-c2ccc(C(F)(F)F)cn2)nc1C(C)C. The summed E-state index contributed by atoms with van der Waals surface area (Å²) >= 11 is 0. The number of halogens is 3. The number of benzene rings is 1. The fourth-order valence-electron chi connectivity index (χ4n) is 3.75. The number of aliphatic carboxylic acids is 1. The quantitative estimate of drug-likeness (QED) is 0.386. The molecule has 9 heteroatoms. The standard InChI is InChI=1S/C25H28F3N3O3/c1-4-17-7-5-8-18(13-22(32)33)24(17)34-12-6-9-19-15-31(30-23(19)16(2)3)21-11-10-20(14-29-21)25(26,27)28/h5,7-8,10-11,14-16H,4,6,9,12-13H2,1-3H3,(H,32,33). The van der Waals surface area contributed by atoms with Crippen molar-refractivity contribution in [3.05, 3.63) is 70.7 Å². The lowest BCUT2D eigenvalue weighted by Crippen LogP contribution is -2.08. The molecule has 0 atom stereocenters. The van der Waals surface area contributed by atoms with E-state index >= 15 is 0 Å². The molecule has 0 fully saturated rings. The minimum Gasteiger partial charge on any atom is -0.493 e.